The average Bonchev–Trinajstić information content (AvgIpc) is 3.52. The summed E-state index contributed by atoms with van der Waals surface area (Å²) in [4.78, 5) is 33.8. The fraction of sp³-hybridized carbons (Fsp3) is 0.0800. The smallest absolute Gasteiger partial charge is 0.265 e. The Balaban J connectivity index is 1.33. The zero-order valence-electron chi connectivity index (χ0n) is 17.1. The lowest BCUT2D eigenvalue weighted by molar-refractivity contribution is 0.0992. The molecule has 0 saturated heterocycles. The number of hydrogen-bond acceptors (Lipinski definition) is 5. The van der Waals surface area contributed by atoms with Gasteiger partial charge in [-0.05, 0) is 49.4 Å². The van der Waals surface area contributed by atoms with Crippen molar-refractivity contribution in [2.75, 3.05) is 16.8 Å². The van der Waals surface area contributed by atoms with Crippen LogP contribution in [-0.4, -0.2) is 23.3 Å². The van der Waals surface area contributed by atoms with Crippen LogP contribution in [0.4, 0.5) is 11.4 Å². The maximum Gasteiger partial charge on any atom is 0.265 e. The quantitative estimate of drug-likeness (QED) is 0.341. The van der Waals surface area contributed by atoms with Gasteiger partial charge in [-0.3, -0.25) is 9.59 Å². The van der Waals surface area contributed by atoms with Gasteiger partial charge >= 0.3 is 0 Å². The first-order chi connectivity index (χ1) is 15.6. The number of thiazole rings is 1. The Bertz CT molecular complexity index is 1520. The first-order valence-electron chi connectivity index (χ1n) is 10.3. The second-order valence-corrected chi connectivity index (χ2v) is 9.63. The van der Waals surface area contributed by atoms with E-state index in [2.05, 4.69) is 16.4 Å². The SMILES string of the molecule is CCN1C(=O)c2cccc3c(NC(=O)c4ccc(-c5nc6ccccc6s5)s4)ccc1c23. The second-order valence-electron chi connectivity index (χ2n) is 7.51. The lowest BCUT2D eigenvalue weighted by Crippen LogP contribution is -2.25. The highest BCUT2D eigenvalue weighted by Crippen LogP contribution is 2.41. The molecular formula is C25H17N3O2S2. The molecule has 2 amide bonds. The molecule has 0 radical (unpaired) electrons. The van der Waals surface area contributed by atoms with Crippen LogP contribution < -0.4 is 10.2 Å². The molecule has 1 aliphatic rings. The topological polar surface area (TPSA) is 62.3 Å². The van der Waals surface area contributed by atoms with Gasteiger partial charge < -0.3 is 10.2 Å². The standard InChI is InChI=1S/C25H17N3O2S2/c1-2-28-18-11-10-16(14-6-5-7-15(22(14)18)25(28)30)26-23(29)20-12-13-21(31-20)24-27-17-8-3-4-9-19(17)32-24/h3-13H,2H2,1H3,(H,26,29). The van der Waals surface area contributed by atoms with Gasteiger partial charge in [-0.2, -0.15) is 0 Å². The van der Waals surface area contributed by atoms with Crippen molar-refractivity contribution in [3.05, 3.63) is 77.2 Å². The van der Waals surface area contributed by atoms with Crippen LogP contribution in [0.5, 0.6) is 0 Å². The summed E-state index contributed by atoms with van der Waals surface area (Å²) < 4.78 is 1.13. The van der Waals surface area contributed by atoms with E-state index >= 15 is 0 Å². The third kappa shape index (κ3) is 2.86. The van der Waals surface area contributed by atoms with Gasteiger partial charge in [-0.25, -0.2) is 4.98 Å². The molecular weight excluding hydrogens is 438 g/mol. The Labute approximate surface area is 191 Å². The average molecular weight is 456 g/mol. The number of para-hydroxylation sites is 1. The number of carbonyl (C=O) groups excluding carboxylic acids is 2. The normalized spacial score (nSPS) is 12.8. The molecule has 0 fully saturated rings. The molecule has 0 unspecified atom stereocenters. The maximum atomic E-state index is 13.0. The molecule has 156 valence electrons. The van der Waals surface area contributed by atoms with Gasteiger partial charge in [0.15, 0.2) is 0 Å². The van der Waals surface area contributed by atoms with E-state index in [1.165, 1.54) is 11.3 Å². The van der Waals surface area contributed by atoms with Crippen LogP contribution in [0.25, 0.3) is 30.9 Å². The summed E-state index contributed by atoms with van der Waals surface area (Å²) in [6.07, 6.45) is 0. The van der Waals surface area contributed by atoms with Crippen molar-refractivity contribution in [2.24, 2.45) is 0 Å². The lowest BCUT2D eigenvalue weighted by Gasteiger charge is -2.15. The Morgan fingerprint density at radius 2 is 1.88 bits per heavy atom. The number of nitrogens with one attached hydrogen (secondary N) is 1. The molecule has 1 aliphatic heterocycles. The van der Waals surface area contributed by atoms with Crippen molar-refractivity contribution in [1.82, 2.24) is 4.98 Å². The van der Waals surface area contributed by atoms with Crippen molar-refractivity contribution in [1.29, 1.82) is 0 Å². The van der Waals surface area contributed by atoms with E-state index in [4.69, 9.17) is 0 Å². The van der Waals surface area contributed by atoms with E-state index in [0.29, 0.717) is 22.7 Å². The van der Waals surface area contributed by atoms with Crippen LogP contribution in [0.15, 0.2) is 66.7 Å². The van der Waals surface area contributed by atoms with Crippen LogP contribution in [0, 0.1) is 0 Å². The first kappa shape index (κ1) is 19.2. The number of thiophene rings is 1. The van der Waals surface area contributed by atoms with Crippen LogP contribution in [0.2, 0.25) is 0 Å². The van der Waals surface area contributed by atoms with Crippen LogP contribution in [-0.2, 0) is 0 Å². The number of aromatic nitrogens is 1. The van der Waals surface area contributed by atoms with E-state index in [1.807, 2.05) is 67.6 Å². The van der Waals surface area contributed by atoms with Gasteiger partial charge in [0.1, 0.15) is 5.01 Å². The van der Waals surface area contributed by atoms with E-state index < -0.39 is 0 Å². The van der Waals surface area contributed by atoms with Crippen molar-refractivity contribution in [3.8, 4) is 9.88 Å². The Kier molecular flexibility index (Phi) is 4.34. The monoisotopic (exact) mass is 455 g/mol. The molecule has 3 aromatic carbocycles. The highest BCUT2D eigenvalue weighted by Gasteiger charge is 2.29. The van der Waals surface area contributed by atoms with Gasteiger partial charge in [-0.1, -0.05) is 24.3 Å². The van der Waals surface area contributed by atoms with E-state index in [1.54, 1.807) is 16.2 Å². The zero-order chi connectivity index (χ0) is 21.8. The highest BCUT2D eigenvalue weighted by molar-refractivity contribution is 7.26. The molecule has 5 aromatic rings. The molecule has 3 heterocycles. The third-order valence-corrected chi connectivity index (χ3v) is 7.97. The third-order valence-electron chi connectivity index (χ3n) is 5.68. The maximum absolute atomic E-state index is 13.0. The van der Waals surface area contributed by atoms with Gasteiger partial charge in [0.25, 0.3) is 11.8 Å². The molecule has 0 bridgehead atoms. The summed E-state index contributed by atoms with van der Waals surface area (Å²) in [6, 6.07) is 21.3. The largest absolute Gasteiger partial charge is 0.321 e. The number of amides is 2. The number of benzene rings is 3. The van der Waals surface area contributed by atoms with Crippen molar-refractivity contribution < 1.29 is 9.59 Å². The van der Waals surface area contributed by atoms with Crippen LogP contribution >= 0.6 is 22.7 Å². The molecule has 1 N–H and O–H groups in total. The number of carbonyl (C=O) groups is 2. The van der Waals surface area contributed by atoms with Crippen molar-refractivity contribution in [3.63, 3.8) is 0 Å². The number of fused-ring (bicyclic) bond motifs is 1. The van der Waals surface area contributed by atoms with E-state index in [-0.39, 0.29) is 11.8 Å². The second kappa shape index (κ2) is 7.25. The van der Waals surface area contributed by atoms with Gasteiger partial charge in [-0.15, -0.1) is 22.7 Å². The number of rotatable bonds is 4. The number of anilines is 2. The minimum absolute atomic E-state index is 0.00955. The fourth-order valence-electron chi connectivity index (χ4n) is 4.21. The molecule has 0 spiro atoms. The fourth-order valence-corrected chi connectivity index (χ4v) is 6.13. The Morgan fingerprint density at radius 3 is 2.72 bits per heavy atom. The van der Waals surface area contributed by atoms with Gasteiger partial charge in [0.05, 0.1) is 25.7 Å². The molecule has 0 saturated carbocycles. The molecule has 6 rings (SSSR count). The van der Waals surface area contributed by atoms with Crippen LogP contribution in [0.1, 0.15) is 27.0 Å². The van der Waals surface area contributed by atoms with E-state index in [0.717, 1.165) is 36.6 Å². The molecule has 32 heavy (non-hydrogen) atoms. The van der Waals surface area contributed by atoms with Crippen molar-refractivity contribution in [2.45, 2.75) is 6.92 Å². The summed E-state index contributed by atoms with van der Waals surface area (Å²) >= 11 is 3.06. The number of hydrogen-bond donors (Lipinski definition) is 1. The molecule has 2 aromatic heterocycles. The molecule has 7 heteroatoms. The van der Waals surface area contributed by atoms with Crippen molar-refractivity contribution >= 4 is 66.9 Å². The zero-order valence-corrected chi connectivity index (χ0v) is 18.7. The summed E-state index contributed by atoms with van der Waals surface area (Å²) in [7, 11) is 0. The highest BCUT2D eigenvalue weighted by atomic mass is 32.1. The predicted molar refractivity (Wildman–Crippen MR) is 132 cm³/mol. The molecule has 0 aliphatic carbocycles. The molecule has 5 nitrogen and oxygen atoms in total. The molecule has 0 atom stereocenters. The summed E-state index contributed by atoms with van der Waals surface area (Å²) in [5.41, 5.74) is 3.26. The minimum atomic E-state index is -0.167. The van der Waals surface area contributed by atoms with Gasteiger partial charge in [0, 0.05) is 28.6 Å². The number of nitrogens with zero attached hydrogens (tertiary/aromatic N) is 2. The minimum Gasteiger partial charge on any atom is -0.321 e. The van der Waals surface area contributed by atoms with Gasteiger partial charge in [0.2, 0.25) is 0 Å². The summed E-state index contributed by atoms with van der Waals surface area (Å²) in [5, 5.41) is 5.74. The Morgan fingerprint density at radius 1 is 1.00 bits per heavy atom. The predicted octanol–water partition coefficient (Wildman–Crippen LogP) is 6.41. The Hall–Kier alpha value is -3.55. The first-order valence-corrected chi connectivity index (χ1v) is 11.9. The summed E-state index contributed by atoms with van der Waals surface area (Å²) in [5.74, 6) is -0.157. The van der Waals surface area contributed by atoms with Crippen LogP contribution in [0.3, 0.4) is 0 Å². The summed E-state index contributed by atoms with van der Waals surface area (Å²) in [6.45, 7) is 2.57. The lowest BCUT2D eigenvalue weighted by atomic mass is 10.0. The van der Waals surface area contributed by atoms with E-state index in [9.17, 15) is 9.59 Å².